The molecule has 0 bridgehead atoms. The molecule has 3 N–H and O–H groups in total. The Labute approximate surface area is 121 Å². The van der Waals surface area contributed by atoms with Crippen LogP contribution >= 0.6 is 0 Å². The van der Waals surface area contributed by atoms with Crippen LogP contribution < -0.4 is 5.73 Å². The average Bonchev–Trinajstić information content (AvgIpc) is 2.66. The van der Waals surface area contributed by atoms with Crippen LogP contribution in [-0.2, 0) is 0 Å². The molecule has 5 heteroatoms. The molecule has 20 heavy (non-hydrogen) atoms. The summed E-state index contributed by atoms with van der Waals surface area (Å²) in [6.45, 7) is 7.14. The fraction of sp³-hybridized carbons (Fsp3) is 0.667. The molecule has 2 rings (SSSR count). The summed E-state index contributed by atoms with van der Waals surface area (Å²) in [5, 5.41) is 9.07. The smallest absolute Gasteiger partial charge is 0.0558 e. The van der Waals surface area contributed by atoms with E-state index in [0.29, 0.717) is 0 Å². The average molecular weight is 278 g/mol. The van der Waals surface area contributed by atoms with E-state index >= 15 is 0 Å². The van der Waals surface area contributed by atoms with Crippen molar-refractivity contribution in [3.63, 3.8) is 0 Å². The Hall–Kier alpha value is -1.01. The molecule has 1 aromatic rings. The van der Waals surface area contributed by atoms with E-state index in [2.05, 4.69) is 27.8 Å². The zero-order chi connectivity index (χ0) is 14.4. The van der Waals surface area contributed by atoms with E-state index in [0.717, 1.165) is 39.1 Å². The number of rotatable bonds is 5. The zero-order valence-electron chi connectivity index (χ0n) is 12.3. The van der Waals surface area contributed by atoms with Crippen LogP contribution in [0.5, 0.6) is 0 Å². The van der Waals surface area contributed by atoms with Crippen LogP contribution in [-0.4, -0.2) is 65.3 Å². The summed E-state index contributed by atoms with van der Waals surface area (Å²) in [7, 11) is 0. The van der Waals surface area contributed by atoms with Gasteiger partial charge in [-0.25, -0.2) is 0 Å². The number of pyridine rings is 1. The van der Waals surface area contributed by atoms with Gasteiger partial charge >= 0.3 is 0 Å². The van der Waals surface area contributed by atoms with E-state index < -0.39 is 0 Å². The first-order valence-corrected chi connectivity index (χ1v) is 7.45. The molecule has 112 valence electrons. The maximum absolute atomic E-state index is 9.07. The molecule has 0 aromatic carbocycles. The lowest BCUT2D eigenvalue weighted by atomic mass is 10.0. The van der Waals surface area contributed by atoms with Gasteiger partial charge < -0.3 is 10.8 Å². The van der Waals surface area contributed by atoms with Crippen molar-refractivity contribution in [2.45, 2.75) is 25.4 Å². The predicted octanol–water partition coefficient (Wildman–Crippen LogP) is 0.470. The number of β-amino-alcohol motifs (C(OH)–C–C–N with tert-alkyl or cyclic N) is 1. The van der Waals surface area contributed by atoms with Crippen molar-refractivity contribution in [3.05, 3.63) is 30.1 Å². The number of aromatic nitrogens is 1. The van der Waals surface area contributed by atoms with Gasteiger partial charge in [-0.15, -0.1) is 0 Å². The van der Waals surface area contributed by atoms with Crippen LogP contribution in [0.2, 0.25) is 0 Å². The Morgan fingerprint density at radius 3 is 2.85 bits per heavy atom. The molecule has 5 nitrogen and oxygen atoms in total. The number of aliphatic hydroxyl groups is 1. The van der Waals surface area contributed by atoms with Gasteiger partial charge in [-0.05, 0) is 31.5 Å². The van der Waals surface area contributed by atoms with Crippen molar-refractivity contribution in [3.8, 4) is 0 Å². The SMILES string of the molecule is CC(N)C(c1cccnc1)N1CCCN(CCO)CC1. The third kappa shape index (κ3) is 3.99. The van der Waals surface area contributed by atoms with Gasteiger partial charge in [0.1, 0.15) is 0 Å². The molecule has 0 saturated carbocycles. The van der Waals surface area contributed by atoms with E-state index in [1.807, 2.05) is 12.3 Å². The van der Waals surface area contributed by atoms with Crippen molar-refractivity contribution in [2.24, 2.45) is 5.73 Å². The van der Waals surface area contributed by atoms with Crippen molar-refractivity contribution < 1.29 is 5.11 Å². The second-order valence-electron chi connectivity index (χ2n) is 5.55. The summed E-state index contributed by atoms with van der Waals surface area (Å²) in [5.74, 6) is 0. The fourth-order valence-electron chi connectivity index (χ4n) is 3.03. The molecule has 2 unspecified atom stereocenters. The van der Waals surface area contributed by atoms with Gasteiger partial charge in [-0.3, -0.25) is 14.8 Å². The largest absolute Gasteiger partial charge is 0.395 e. The van der Waals surface area contributed by atoms with Crippen LogP contribution in [0.25, 0.3) is 0 Å². The lowest BCUT2D eigenvalue weighted by Gasteiger charge is -2.33. The van der Waals surface area contributed by atoms with Gasteiger partial charge in [0.15, 0.2) is 0 Å². The fourth-order valence-corrected chi connectivity index (χ4v) is 3.03. The molecule has 0 aliphatic carbocycles. The van der Waals surface area contributed by atoms with Gasteiger partial charge in [0.2, 0.25) is 0 Å². The molecule has 1 aliphatic heterocycles. The molecule has 0 spiro atoms. The minimum Gasteiger partial charge on any atom is -0.395 e. The molecular weight excluding hydrogens is 252 g/mol. The number of nitrogens with two attached hydrogens (primary N) is 1. The zero-order valence-corrected chi connectivity index (χ0v) is 12.3. The first-order chi connectivity index (χ1) is 9.72. The van der Waals surface area contributed by atoms with Crippen molar-refractivity contribution in [1.29, 1.82) is 0 Å². The molecular formula is C15H26N4O. The lowest BCUT2D eigenvalue weighted by Crippen LogP contribution is -2.41. The van der Waals surface area contributed by atoms with Gasteiger partial charge in [0, 0.05) is 44.6 Å². The summed E-state index contributed by atoms with van der Waals surface area (Å²) >= 11 is 0. The number of hydrogen-bond acceptors (Lipinski definition) is 5. The quantitative estimate of drug-likeness (QED) is 0.819. The molecule has 1 aromatic heterocycles. The van der Waals surface area contributed by atoms with E-state index in [9.17, 15) is 0 Å². The Kier molecular flexibility index (Phi) is 5.91. The van der Waals surface area contributed by atoms with Crippen molar-refractivity contribution in [1.82, 2.24) is 14.8 Å². The van der Waals surface area contributed by atoms with Gasteiger partial charge in [0.05, 0.1) is 12.6 Å². The molecule has 1 aliphatic rings. The highest BCUT2D eigenvalue weighted by atomic mass is 16.3. The van der Waals surface area contributed by atoms with Crippen LogP contribution in [0.1, 0.15) is 24.9 Å². The Balaban J connectivity index is 2.07. The number of hydrogen-bond donors (Lipinski definition) is 2. The molecule has 1 saturated heterocycles. The minimum absolute atomic E-state index is 0.0728. The Morgan fingerprint density at radius 2 is 2.20 bits per heavy atom. The van der Waals surface area contributed by atoms with E-state index in [-0.39, 0.29) is 18.7 Å². The van der Waals surface area contributed by atoms with E-state index in [1.165, 1.54) is 5.56 Å². The maximum atomic E-state index is 9.07. The summed E-state index contributed by atoms with van der Waals surface area (Å²) in [6, 6.07) is 4.37. The summed E-state index contributed by atoms with van der Waals surface area (Å²) < 4.78 is 0. The topological polar surface area (TPSA) is 65.6 Å². The first kappa shape index (κ1) is 15.4. The van der Waals surface area contributed by atoms with Crippen LogP contribution in [0.4, 0.5) is 0 Å². The van der Waals surface area contributed by atoms with Crippen molar-refractivity contribution in [2.75, 3.05) is 39.3 Å². The molecule has 0 radical (unpaired) electrons. The third-order valence-corrected chi connectivity index (χ3v) is 3.96. The Bertz CT molecular complexity index is 385. The second kappa shape index (κ2) is 7.69. The first-order valence-electron chi connectivity index (χ1n) is 7.45. The summed E-state index contributed by atoms with van der Waals surface area (Å²) in [5.41, 5.74) is 7.41. The number of nitrogens with zero attached hydrogens (tertiary/aromatic N) is 3. The highest BCUT2D eigenvalue weighted by Gasteiger charge is 2.26. The third-order valence-electron chi connectivity index (χ3n) is 3.96. The van der Waals surface area contributed by atoms with Crippen LogP contribution in [0.3, 0.4) is 0 Å². The van der Waals surface area contributed by atoms with Gasteiger partial charge in [0.25, 0.3) is 0 Å². The lowest BCUT2D eigenvalue weighted by molar-refractivity contribution is 0.168. The van der Waals surface area contributed by atoms with Gasteiger partial charge in [-0.1, -0.05) is 6.07 Å². The normalized spacial score (nSPS) is 21.4. The molecule has 2 atom stereocenters. The predicted molar refractivity (Wildman–Crippen MR) is 80.3 cm³/mol. The summed E-state index contributed by atoms with van der Waals surface area (Å²) in [4.78, 5) is 9.00. The van der Waals surface area contributed by atoms with E-state index in [1.54, 1.807) is 6.20 Å². The summed E-state index contributed by atoms with van der Waals surface area (Å²) in [6.07, 6.45) is 4.83. The van der Waals surface area contributed by atoms with Crippen molar-refractivity contribution >= 4 is 0 Å². The van der Waals surface area contributed by atoms with Crippen LogP contribution in [0.15, 0.2) is 24.5 Å². The van der Waals surface area contributed by atoms with Crippen LogP contribution in [0, 0.1) is 0 Å². The molecule has 0 amide bonds. The second-order valence-corrected chi connectivity index (χ2v) is 5.55. The molecule has 1 fully saturated rings. The Morgan fingerprint density at radius 1 is 1.35 bits per heavy atom. The van der Waals surface area contributed by atoms with E-state index in [4.69, 9.17) is 10.8 Å². The molecule has 2 heterocycles. The number of aliphatic hydroxyl groups excluding tert-OH is 1. The monoisotopic (exact) mass is 278 g/mol. The maximum Gasteiger partial charge on any atom is 0.0558 e. The minimum atomic E-state index is 0.0728. The standard InChI is InChI=1S/C15H26N4O/c1-13(16)15(14-4-2-5-17-12-14)19-7-3-6-18(8-9-19)10-11-20/h2,4-5,12-13,15,20H,3,6-11,16H2,1H3. The van der Waals surface area contributed by atoms with Gasteiger partial charge in [-0.2, -0.15) is 0 Å². The highest BCUT2D eigenvalue weighted by Crippen LogP contribution is 2.24. The highest BCUT2D eigenvalue weighted by molar-refractivity contribution is 5.16.